The Balaban J connectivity index is 1.14. The minimum atomic E-state index is 1.02. The number of aryl methyl sites for hydroxylation is 1. The smallest absolute Gasteiger partial charge is 0.115 e. The predicted molar refractivity (Wildman–Crippen MR) is 241 cm³/mol. The SMILES string of the molecule is Cc1cc(-c2ccc(-n3c4ccc(N(c5ccccc5)c5ccccc5)cc4c4cc(N(c5ccccc5)c5ccccc5)ccc43)cc2)ccc1-c1cncnc1. The number of nitrogens with zero attached hydrogens (tertiary/aromatic N) is 5. The third-order valence-electron chi connectivity index (χ3n) is 10.9. The van der Waals surface area contributed by atoms with Gasteiger partial charge < -0.3 is 14.4 Å². The normalized spacial score (nSPS) is 11.2. The first-order valence-corrected chi connectivity index (χ1v) is 19.6. The summed E-state index contributed by atoms with van der Waals surface area (Å²) in [7, 11) is 0. The molecule has 0 N–H and O–H groups in total. The maximum Gasteiger partial charge on any atom is 0.115 e. The van der Waals surface area contributed by atoms with Gasteiger partial charge in [0.1, 0.15) is 6.33 Å². The largest absolute Gasteiger partial charge is 0.310 e. The molecule has 5 nitrogen and oxygen atoms in total. The molecule has 0 saturated heterocycles. The molecule has 58 heavy (non-hydrogen) atoms. The van der Waals surface area contributed by atoms with Crippen LogP contribution in [0.1, 0.15) is 5.56 Å². The minimum absolute atomic E-state index is 1.02. The van der Waals surface area contributed by atoms with Gasteiger partial charge in [0.25, 0.3) is 0 Å². The summed E-state index contributed by atoms with van der Waals surface area (Å²) < 4.78 is 2.40. The summed E-state index contributed by atoms with van der Waals surface area (Å²) in [6.45, 7) is 2.15. The van der Waals surface area contributed by atoms with E-state index in [4.69, 9.17) is 0 Å². The minimum Gasteiger partial charge on any atom is -0.310 e. The molecule has 0 aliphatic carbocycles. The van der Waals surface area contributed by atoms with E-state index in [-0.39, 0.29) is 0 Å². The van der Waals surface area contributed by atoms with E-state index in [9.17, 15) is 0 Å². The molecule has 5 heteroatoms. The van der Waals surface area contributed by atoms with Crippen LogP contribution < -0.4 is 9.80 Å². The lowest BCUT2D eigenvalue weighted by Gasteiger charge is -2.26. The van der Waals surface area contributed by atoms with Crippen LogP contribution in [0.3, 0.4) is 0 Å². The molecule has 0 fully saturated rings. The standard InChI is InChI=1S/C53H39N5/c1-38-32-40(24-29-49(38)41-35-54-37-55-36-41)39-22-25-46(26-23-39)58-52-30-27-47(56(42-14-6-2-7-15-42)43-16-8-3-9-17-43)33-50(52)51-34-48(28-31-53(51)58)57(44-18-10-4-11-19-44)45-20-12-5-13-21-45/h2-37H,1H3. The summed E-state index contributed by atoms with van der Waals surface area (Å²) >= 11 is 0. The molecule has 0 aliphatic heterocycles. The molecule has 0 radical (unpaired) electrons. The Labute approximate surface area is 338 Å². The first kappa shape index (κ1) is 34.7. The molecular formula is C53H39N5. The van der Waals surface area contributed by atoms with Crippen LogP contribution in [0.5, 0.6) is 0 Å². The van der Waals surface area contributed by atoms with Gasteiger partial charge in [-0.2, -0.15) is 0 Å². The number of hydrogen-bond acceptors (Lipinski definition) is 4. The number of benzene rings is 8. The summed E-state index contributed by atoms with van der Waals surface area (Å²) in [5.41, 5.74) is 15.7. The Kier molecular flexibility index (Phi) is 9.01. The molecular weight excluding hydrogens is 707 g/mol. The Morgan fingerprint density at radius 3 is 1.24 bits per heavy atom. The zero-order valence-corrected chi connectivity index (χ0v) is 32.0. The summed E-state index contributed by atoms with van der Waals surface area (Å²) in [4.78, 5) is 13.1. The van der Waals surface area contributed by atoms with Gasteiger partial charge in [-0.1, -0.05) is 103 Å². The topological polar surface area (TPSA) is 37.2 Å². The highest BCUT2D eigenvalue weighted by molar-refractivity contribution is 6.12. The molecule has 2 aromatic heterocycles. The van der Waals surface area contributed by atoms with Gasteiger partial charge in [0.2, 0.25) is 0 Å². The number of para-hydroxylation sites is 4. The van der Waals surface area contributed by atoms with Crippen molar-refractivity contribution in [2.24, 2.45) is 0 Å². The van der Waals surface area contributed by atoms with Crippen LogP contribution in [0.4, 0.5) is 34.1 Å². The zero-order valence-electron chi connectivity index (χ0n) is 32.0. The van der Waals surface area contributed by atoms with Crippen molar-refractivity contribution in [3.05, 3.63) is 224 Å². The first-order chi connectivity index (χ1) is 28.7. The summed E-state index contributed by atoms with van der Waals surface area (Å²) in [6, 6.07) is 71.7. The quantitative estimate of drug-likeness (QED) is 0.147. The second kappa shape index (κ2) is 15.1. The lowest BCUT2D eigenvalue weighted by Crippen LogP contribution is -2.09. The summed E-state index contributed by atoms with van der Waals surface area (Å²) in [5.74, 6) is 0. The van der Waals surface area contributed by atoms with E-state index in [1.807, 2.05) is 12.4 Å². The van der Waals surface area contributed by atoms with Gasteiger partial charge in [-0.3, -0.25) is 0 Å². The van der Waals surface area contributed by atoms with Crippen LogP contribution in [0.2, 0.25) is 0 Å². The highest BCUT2D eigenvalue weighted by Gasteiger charge is 2.20. The lowest BCUT2D eigenvalue weighted by molar-refractivity contribution is 1.17. The van der Waals surface area contributed by atoms with E-state index >= 15 is 0 Å². The fraction of sp³-hybridized carbons (Fsp3) is 0.0189. The van der Waals surface area contributed by atoms with Crippen LogP contribution in [-0.2, 0) is 0 Å². The molecule has 0 amide bonds. The average Bonchev–Trinajstić information content (AvgIpc) is 3.61. The molecule has 8 aromatic carbocycles. The molecule has 0 unspecified atom stereocenters. The van der Waals surface area contributed by atoms with Gasteiger partial charge in [0.15, 0.2) is 0 Å². The van der Waals surface area contributed by atoms with Gasteiger partial charge >= 0.3 is 0 Å². The maximum atomic E-state index is 4.22. The van der Waals surface area contributed by atoms with E-state index in [0.29, 0.717) is 0 Å². The number of rotatable bonds is 9. The zero-order chi connectivity index (χ0) is 38.8. The van der Waals surface area contributed by atoms with Crippen LogP contribution in [0, 0.1) is 6.92 Å². The monoisotopic (exact) mass is 745 g/mol. The molecule has 0 atom stereocenters. The van der Waals surface area contributed by atoms with E-state index in [0.717, 1.165) is 67.5 Å². The van der Waals surface area contributed by atoms with Crippen molar-refractivity contribution in [2.75, 3.05) is 9.80 Å². The Bertz CT molecular complexity index is 2760. The average molecular weight is 746 g/mol. The Morgan fingerprint density at radius 1 is 0.379 bits per heavy atom. The lowest BCUT2D eigenvalue weighted by atomic mass is 9.97. The summed E-state index contributed by atoms with van der Waals surface area (Å²) in [6.07, 6.45) is 5.30. The third kappa shape index (κ3) is 6.45. The second-order valence-electron chi connectivity index (χ2n) is 14.5. The van der Waals surface area contributed by atoms with Gasteiger partial charge in [-0.05, 0) is 126 Å². The van der Waals surface area contributed by atoms with E-state index in [2.05, 4.69) is 231 Å². The van der Waals surface area contributed by atoms with Crippen molar-refractivity contribution in [2.45, 2.75) is 6.92 Å². The number of aromatic nitrogens is 3. The molecule has 276 valence electrons. The van der Waals surface area contributed by atoms with Crippen LogP contribution in [0.15, 0.2) is 219 Å². The second-order valence-corrected chi connectivity index (χ2v) is 14.5. The number of anilines is 6. The maximum absolute atomic E-state index is 4.22. The van der Waals surface area contributed by atoms with Gasteiger partial charge in [-0.15, -0.1) is 0 Å². The van der Waals surface area contributed by atoms with Gasteiger partial charge in [0.05, 0.1) is 11.0 Å². The Morgan fingerprint density at radius 2 is 0.810 bits per heavy atom. The highest BCUT2D eigenvalue weighted by Crippen LogP contribution is 2.43. The first-order valence-electron chi connectivity index (χ1n) is 19.6. The highest BCUT2D eigenvalue weighted by atomic mass is 15.1. The molecule has 0 aliphatic rings. The molecule has 0 saturated carbocycles. The van der Waals surface area contributed by atoms with Crippen LogP contribution >= 0.6 is 0 Å². The van der Waals surface area contributed by atoms with E-state index < -0.39 is 0 Å². The van der Waals surface area contributed by atoms with Crippen molar-refractivity contribution < 1.29 is 0 Å². The summed E-state index contributed by atoms with van der Waals surface area (Å²) in [5, 5.41) is 2.35. The fourth-order valence-corrected chi connectivity index (χ4v) is 8.17. The molecule has 0 bridgehead atoms. The van der Waals surface area contributed by atoms with Crippen LogP contribution in [-0.4, -0.2) is 14.5 Å². The van der Waals surface area contributed by atoms with Crippen molar-refractivity contribution in [3.8, 4) is 27.9 Å². The molecule has 0 spiro atoms. The van der Waals surface area contributed by atoms with Crippen molar-refractivity contribution in [1.82, 2.24) is 14.5 Å². The number of hydrogen-bond donors (Lipinski definition) is 0. The van der Waals surface area contributed by atoms with E-state index in [1.54, 1.807) is 6.33 Å². The fourth-order valence-electron chi connectivity index (χ4n) is 8.17. The van der Waals surface area contributed by atoms with Crippen molar-refractivity contribution >= 4 is 55.9 Å². The molecule has 10 rings (SSSR count). The van der Waals surface area contributed by atoms with Crippen LogP contribution in [0.25, 0.3) is 49.7 Å². The van der Waals surface area contributed by atoms with Crippen molar-refractivity contribution in [1.29, 1.82) is 0 Å². The van der Waals surface area contributed by atoms with Gasteiger partial charge in [-0.25, -0.2) is 9.97 Å². The number of fused-ring (bicyclic) bond motifs is 3. The Hall–Kier alpha value is -7.76. The molecule has 2 heterocycles. The van der Waals surface area contributed by atoms with Crippen molar-refractivity contribution in [3.63, 3.8) is 0 Å². The third-order valence-corrected chi connectivity index (χ3v) is 10.9. The predicted octanol–water partition coefficient (Wildman–Crippen LogP) is 14.2. The van der Waals surface area contributed by atoms with Gasteiger partial charge in [0, 0.05) is 68.5 Å². The molecule has 10 aromatic rings. The van der Waals surface area contributed by atoms with E-state index in [1.165, 1.54) is 21.9 Å².